The minimum Gasteiger partial charge on any atom is -0.487 e. The van der Waals surface area contributed by atoms with Crippen LogP contribution < -0.4 is 10.1 Å². The normalized spacial score (nSPS) is 14.2. The van der Waals surface area contributed by atoms with Crippen molar-refractivity contribution < 1.29 is 9.13 Å². The molecule has 1 heterocycles. The Hall–Kier alpha value is -1.94. The lowest BCUT2D eigenvalue weighted by Crippen LogP contribution is -2.16. The zero-order valence-electron chi connectivity index (χ0n) is 11.2. The summed E-state index contributed by atoms with van der Waals surface area (Å²) in [5, 5.41) is 3.38. The molecule has 1 aliphatic rings. The minimum atomic E-state index is -0.234. The molecule has 0 aliphatic heterocycles. The van der Waals surface area contributed by atoms with Gasteiger partial charge in [0.15, 0.2) is 0 Å². The zero-order valence-corrected chi connectivity index (χ0v) is 11.2. The van der Waals surface area contributed by atoms with Gasteiger partial charge in [-0.1, -0.05) is 6.07 Å². The Morgan fingerprint density at radius 3 is 2.90 bits per heavy atom. The highest BCUT2D eigenvalue weighted by atomic mass is 19.1. The molecule has 1 aromatic carbocycles. The van der Waals surface area contributed by atoms with E-state index in [0.717, 1.165) is 11.3 Å². The lowest BCUT2D eigenvalue weighted by Gasteiger charge is -2.12. The van der Waals surface area contributed by atoms with Crippen molar-refractivity contribution in [3.63, 3.8) is 0 Å². The van der Waals surface area contributed by atoms with Crippen LogP contribution in [0.15, 0.2) is 42.6 Å². The molecule has 0 atom stereocenters. The topological polar surface area (TPSA) is 34.1 Å². The van der Waals surface area contributed by atoms with E-state index >= 15 is 0 Å². The summed E-state index contributed by atoms with van der Waals surface area (Å²) in [5.74, 6) is 0.480. The summed E-state index contributed by atoms with van der Waals surface area (Å²) in [6.45, 7) is 1.03. The molecule has 1 saturated carbocycles. The first kappa shape index (κ1) is 13.1. The Morgan fingerprint density at radius 2 is 2.15 bits per heavy atom. The number of ether oxygens (including phenoxy) is 1. The number of pyridine rings is 1. The highest BCUT2D eigenvalue weighted by Crippen LogP contribution is 2.24. The van der Waals surface area contributed by atoms with Crippen molar-refractivity contribution in [3.05, 3.63) is 59.7 Å². The number of benzene rings is 1. The van der Waals surface area contributed by atoms with Gasteiger partial charge in [-0.3, -0.25) is 4.98 Å². The second-order valence-electron chi connectivity index (χ2n) is 5.02. The highest BCUT2D eigenvalue weighted by Gasteiger charge is 2.20. The van der Waals surface area contributed by atoms with E-state index in [4.69, 9.17) is 4.74 Å². The predicted octanol–water partition coefficient (Wildman–Crippen LogP) is 3.05. The van der Waals surface area contributed by atoms with Gasteiger partial charge in [-0.15, -0.1) is 0 Å². The number of rotatable bonds is 6. The van der Waals surface area contributed by atoms with E-state index in [0.29, 0.717) is 24.9 Å². The van der Waals surface area contributed by atoms with Gasteiger partial charge in [0.2, 0.25) is 0 Å². The Balaban J connectivity index is 1.67. The van der Waals surface area contributed by atoms with Crippen molar-refractivity contribution in [3.8, 4) is 5.75 Å². The molecule has 3 rings (SSSR count). The van der Waals surface area contributed by atoms with Gasteiger partial charge < -0.3 is 10.1 Å². The van der Waals surface area contributed by atoms with Crippen molar-refractivity contribution in [2.24, 2.45) is 0 Å². The van der Waals surface area contributed by atoms with Crippen molar-refractivity contribution in [1.29, 1.82) is 0 Å². The monoisotopic (exact) mass is 272 g/mol. The molecule has 0 amide bonds. The average molecular weight is 272 g/mol. The molecule has 2 aromatic rings. The molecule has 1 fully saturated rings. The van der Waals surface area contributed by atoms with Crippen LogP contribution >= 0.6 is 0 Å². The van der Waals surface area contributed by atoms with Gasteiger partial charge in [0, 0.05) is 24.3 Å². The van der Waals surface area contributed by atoms with Crippen LogP contribution in [0.25, 0.3) is 0 Å². The number of hydrogen-bond donors (Lipinski definition) is 1. The summed E-state index contributed by atoms with van der Waals surface area (Å²) >= 11 is 0. The quantitative estimate of drug-likeness (QED) is 0.877. The molecule has 104 valence electrons. The third-order valence-electron chi connectivity index (χ3n) is 3.28. The Labute approximate surface area is 117 Å². The van der Waals surface area contributed by atoms with Crippen LogP contribution in [0.4, 0.5) is 4.39 Å². The lowest BCUT2D eigenvalue weighted by atomic mass is 10.2. The number of nitrogens with zero attached hydrogens (tertiary/aromatic N) is 1. The maximum Gasteiger partial charge on any atom is 0.130 e. The molecule has 0 unspecified atom stereocenters. The summed E-state index contributed by atoms with van der Waals surface area (Å²) in [7, 11) is 0. The number of hydrogen-bond acceptors (Lipinski definition) is 3. The molecule has 3 nitrogen and oxygen atoms in total. The molecule has 1 N–H and O–H groups in total. The molecule has 0 spiro atoms. The second kappa shape index (κ2) is 6.01. The molecular weight excluding hydrogens is 255 g/mol. The van der Waals surface area contributed by atoms with Crippen LogP contribution in [-0.2, 0) is 13.2 Å². The van der Waals surface area contributed by atoms with Gasteiger partial charge in [-0.2, -0.15) is 0 Å². The van der Waals surface area contributed by atoms with Gasteiger partial charge in [-0.05, 0) is 43.2 Å². The van der Waals surface area contributed by atoms with E-state index in [1.807, 2.05) is 18.2 Å². The fraction of sp³-hybridized carbons (Fsp3) is 0.312. The highest BCUT2D eigenvalue weighted by molar-refractivity contribution is 5.34. The van der Waals surface area contributed by atoms with Crippen LogP contribution in [-0.4, -0.2) is 11.0 Å². The second-order valence-corrected chi connectivity index (χ2v) is 5.02. The Bertz CT molecular complexity index is 570. The standard InChI is InChI=1S/C16H17FN2O/c17-13-4-7-16(12(9-13)10-19-14-5-6-14)20-11-15-3-1-2-8-18-15/h1-4,7-9,14,19H,5-6,10-11H2. The van der Waals surface area contributed by atoms with Crippen molar-refractivity contribution in [1.82, 2.24) is 10.3 Å². The van der Waals surface area contributed by atoms with Gasteiger partial charge >= 0.3 is 0 Å². The van der Waals surface area contributed by atoms with E-state index in [1.54, 1.807) is 12.3 Å². The zero-order chi connectivity index (χ0) is 13.8. The fourth-order valence-corrected chi connectivity index (χ4v) is 2.00. The average Bonchev–Trinajstić information content (AvgIpc) is 3.29. The predicted molar refractivity (Wildman–Crippen MR) is 74.8 cm³/mol. The SMILES string of the molecule is Fc1ccc(OCc2ccccn2)c(CNC2CC2)c1. The molecule has 0 radical (unpaired) electrons. The summed E-state index contributed by atoms with van der Waals surface area (Å²) in [5.41, 5.74) is 1.71. The van der Waals surface area contributed by atoms with Crippen LogP contribution in [0.2, 0.25) is 0 Å². The summed E-state index contributed by atoms with van der Waals surface area (Å²) in [6, 6.07) is 10.9. The van der Waals surface area contributed by atoms with Crippen molar-refractivity contribution in [2.45, 2.75) is 32.0 Å². The van der Waals surface area contributed by atoms with E-state index in [2.05, 4.69) is 10.3 Å². The minimum absolute atomic E-state index is 0.234. The smallest absolute Gasteiger partial charge is 0.130 e. The first-order valence-corrected chi connectivity index (χ1v) is 6.86. The summed E-state index contributed by atoms with van der Waals surface area (Å²) in [6.07, 6.45) is 4.15. The molecular formula is C16H17FN2O. The maximum absolute atomic E-state index is 13.4. The van der Waals surface area contributed by atoms with Gasteiger partial charge in [0.25, 0.3) is 0 Å². The van der Waals surface area contributed by atoms with E-state index < -0.39 is 0 Å². The third kappa shape index (κ3) is 3.54. The Morgan fingerprint density at radius 1 is 1.25 bits per heavy atom. The number of aromatic nitrogens is 1. The van der Waals surface area contributed by atoms with Crippen molar-refractivity contribution >= 4 is 0 Å². The van der Waals surface area contributed by atoms with Crippen molar-refractivity contribution in [2.75, 3.05) is 0 Å². The van der Waals surface area contributed by atoms with Crippen LogP contribution in [0.5, 0.6) is 5.75 Å². The van der Waals surface area contributed by atoms with Crippen LogP contribution in [0.3, 0.4) is 0 Å². The molecule has 0 bridgehead atoms. The van der Waals surface area contributed by atoms with Crippen LogP contribution in [0, 0.1) is 5.82 Å². The number of halogens is 1. The molecule has 4 heteroatoms. The van der Waals surface area contributed by atoms with Gasteiger partial charge in [0.1, 0.15) is 18.2 Å². The van der Waals surface area contributed by atoms with E-state index in [-0.39, 0.29) is 5.82 Å². The van der Waals surface area contributed by atoms with Crippen LogP contribution in [0.1, 0.15) is 24.1 Å². The molecule has 1 aliphatic carbocycles. The summed E-state index contributed by atoms with van der Waals surface area (Å²) in [4.78, 5) is 4.21. The maximum atomic E-state index is 13.4. The van der Waals surface area contributed by atoms with Gasteiger partial charge in [-0.25, -0.2) is 4.39 Å². The summed E-state index contributed by atoms with van der Waals surface area (Å²) < 4.78 is 19.1. The molecule has 0 saturated heterocycles. The van der Waals surface area contributed by atoms with E-state index in [9.17, 15) is 4.39 Å². The largest absolute Gasteiger partial charge is 0.487 e. The van der Waals surface area contributed by atoms with E-state index in [1.165, 1.54) is 25.0 Å². The fourth-order valence-electron chi connectivity index (χ4n) is 2.00. The molecule has 20 heavy (non-hydrogen) atoms. The molecule has 1 aromatic heterocycles. The first-order valence-electron chi connectivity index (χ1n) is 6.86. The lowest BCUT2D eigenvalue weighted by molar-refractivity contribution is 0.296. The van der Waals surface area contributed by atoms with Gasteiger partial charge in [0.05, 0.1) is 5.69 Å². The third-order valence-corrected chi connectivity index (χ3v) is 3.28. The Kier molecular flexibility index (Phi) is 3.92. The number of nitrogens with one attached hydrogen (secondary N) is 1. The first-order chi connectivity index (χ1) is 9.81.